The fraction of sp³-hybridized carbons (Fsp3) is 0.263. The van der Waals surface area contributed by atoms with Gasteiger partial charge in [0, 0.05) is 0 Å². The van der Waals surface area contributed by atoms with Crippen molar-refractivity contribution >= 4 is 19.1 Å². The van der Waals surface area contributed by atoms with E-state index in [1.807, 2.05) is 24.3 Å². The van der Waals surface area contributed by atoms with Crippen LogP contribution < -0.4 is 0 Å². The Labute approximate surface area is 262 Å². The molecule has 0 amide bonds. The van der Waals surface area contributed by atoms with Crippen LogP contribution in [0.2, 0.25) is 17.7 Å². The third-order valence-corrected chi connectivity index (χ3v) is 76.3. The molecule has 0 saturated carbocycles. The van der Waals surface area contributed by atoms with Crippen LogP contribution in [0, 0.1) is 0 Å². The molecule has 0 heterocycles. The molecule has 2 unspecified atom stereocenters. The van der Waals surface area contributed by atoms with Gasteiger partial charge in [-0.25, -0.2) is 0 Å². The van der Waals surface area contributed by atoms with Gasteiger partial charge in [0.05, 0.1) is 0 Å². The van der Waals surface area contributed by atoms with Crippen molar-refractivity contribution in [3.8, 4) is 22.3 Å². The average Bonchev–Trinajstić information content (AvgIpc) is 3.68. The van der Waals surface area contributed by atoms with Gasteiger partial charge in [0.1, 0.15) is 0 Å². The molecule has 0 spiro atoms. The molecular weight excluding hydrogens is 777 g/mol. The molecule has 0 bridgehead atoms. The zero-order chi connectivity index (χ0) is 33.4. The zero-order valence-electron chi connectivity index (χ0n) is 26.4. The van der Waals surface area contributed by atoms with Gasteiger partial charge in [0.15, 0.2) is 0 Å². The fourth-order valence-electron chi connectivity index (χ4n) is 8.54. The van der Waals surface area contributed by atoms with Crippen molar-refractivity contribution in [1.29, 1.82) is 0 Å². The van der Waals surface area contributed by atoms with Crippen molar-refractivity contribution in [1.82, 2.24) is 0 Å². The summed E-state index contributed by atoms with van der Waals surface area (Å²) in [4.78, 5) is 0. The molecule has 0 N–H and O–H groups in total. The van der Waals surface area contributed by atoms with E-state index < -0.39 is 37.7 Å². The Morgan fingerprint density at radius 1 is 0.565 bits per heavy atom. The molecule has 0 saturated heterocycles. The van der Waals surface area contributed by atoms with Gasteiger partial charge in [-0.15, -0.1) is 0 Å². The van der Waals surface area contributed by atoms with Gasteiger partial charge in [0.25, 0.3) is 0 Å². The first-order valence-electron chi connectivity index (χ1n) is 15.8. The van der Waals surface area contributed by atoms with Crippen molar-refractivity contribution in [3.63, 3.8) is 0 Å². The predicted molar refractivity (Wildman–Crippen MR) is 179 cm³/mol. The van der Waals surface area contributed by atoms with Crippen molar-refractivity contribution in [2.24, 2.45) is 0 Å². The summed E-state index contributed by atoms with van der Waals surface area (Å²) in [6, 6.07) is 23.2. The number of hydrogen-bond donors (Lipinski definition) is 0. The maximum absolute atomic E-state index is 13.3. The number of rotatable bonds is 6. The molecule has 0 aliphatic heterocycles. The summed E-state index contributed by atoms with van der Waals surface area (Å²) in [6.07, 6.45) is 0.267. The van der Waals surface area contributed by atoms with Crippen molar-refractivity contribution in [2.75, 3.05) is 0 Å². The van der Waals surface area contributed by atoms with Gasteiger partial charge in [-0.05, 0) is 0 Å². The van der Waals surface area contributed by atoms with Crippen LogP contribution in [0.4, 0.5) is 26.3 Å². The third kappa shape index (κ3) is 4.64. The second-order valence-electron chi connectivity index (χ2n) is 16.1. The normalized spacial score (nSPS) is 20.0. The topological polar surface area (TPSA) is 0 Å². The van der Waals surface area contributed by atoms with Crippen LogP contribution in [0.5, 0.6) is 0 Å². The molecule has 4 aromatic carbocycles. The molecule has 2 aliphatic carbocycles. The van der Waals surface area contributed by atoms with Crippen LogP contribution in [0.1, 0.15) is 54.6 Å². The van der Waals surface area contributed by atoms with E-state index in [1.54, 1.807) is 24.3 Å². The Kier molecular flexibility index (Phi) is 6.85. The van der Waals surface area contributed by atoms with Crippen LogP contribution in [0.25, 0.3) is 34.4 Å². The second kappa shape index (κ2) is 9.56. The SMILES string of the molecule is C[CH2][Hf]([CH3])([CH3])(=[SiH2])([CH2]C)([CH]1C=Cc2c(-c3ccc(C(F)(F)F)cc3)cccc21)[CH]1C=Cc2c(-c3ccc(C(F)(F)F)cc3)cccc21. The van der Waals surface area contributed by atoms with E-state index in [2.05, 4.69) is 66.6 Å². The monoisotopic (exact) mass is 816 g/mol. The molecule has 240 valence electrons. The minimum absolute atomic E-state index is 0.123. The van der Waals surface area contributed by atoms with E-state index in [0.29, 0.717) is 0 Å². The number of allylic oxidation sites excluding steroid dienone is 2. The number of hydrogen-bond acceptors (Lipinski definition) is 0. The summed E-state index contributed by atoms with van der Waals surface area (Å²) in [5.41, 5.74) is 6.54. The molecule has 46 heavy (non-hydrogen) atoms. The van der Waals surface area contributed by atoms with Gasteiger partial charge in [-0.2, -0.15) is 0 Å². The summed E-state index contributed by atoms with van der Waals surface area (Å²) < 4.78 is 87.3. The Balaban J connectivity index is 1.50. The van der Waals surface area contributed by atoms with Crippen LogP contribution in [-0.2, 0) is 26.5 Å². The molecule has 0 nitrogen and oxygen atoms in total. The Bertz CT molecular complexity index is 1920. The molecule has 0 fully saturated rings. The van der Waals surface area contributed by atoms with E-state index in [0.717, 1.165) is 66.0 Å². The molecule has 8 heteroatoms. The van der Waals surface area contributed by atoms with E-state index in [-0.39, 0.29) is 7.35 Å². The van der Waals surface area contributed by atoms with Gasteiger partial charge in [-0.3, -0.25) is 0 Å². The minimum atomic E-state index is -5.22. The zero-order valence-corrected chi connectivity index (χ0v) is 31.4. The fourth-order valence-corrected chi connectivity index (χ4v) is 43.4. The third-order valence-electron chi connectivity index (χ3n) is 13.1. The van der Waals surface area contributed by atoms with Gasteiger partial charge < -0.3 is 0 Å². The van der Waals surface area contributed by atoms with Crippen molar-refractivity contribution < 1.29 is 40.5 Å². The molecule has 6 rings (SSSR count). The molecule has 0 radical (unpaired) electrons. The van der Waals surface area contributed by atoms with Crippen LogP contribution in [-0.4, -0.2) is 6.94 Å². The number of fused-ring (bicyclic) bond motifs is 2. The average molecular weight is 815 g/mol. The molecule has 2 aliphatic rings. The Morgan fingerprint density at radius 2 is 0.913 bits per heavy atom. The summed E-state index contributed by atoms with van der Waals surface area (Å²) in [5, 5.41) is 0. The van der Waals surface area contributed by atoms with E-state index in [1.165, 1.54) is 11.1 Å². The standard InChI is InChI=1S/2C16H10F3.2C2H5.2CH3.Hf.H2Si/c2*17-16(18,19)13-9-7-12(8-10-13)15-6-2-4-11-3-1-5-14(11)15;2*1-2;;;;/h2*1-10H;2*1H2,2H3;2*1H3;;1H2. The van der Waals surface area contributed by atoms with Gasteiger partial charge in [-0.1, -0.05) is 0 Å². The summed E-state index contributed by atoms with van der Waals surface area (Å²) in [7, 11) is 0. The number of halogens is 6. The first kappa shape index (κ1) is 32.9. The number of alkyl halides is 6. The molecule has 4 aromatic rings. The van der Waals surface area contributed by atoms with Crippen LogP contribution in [0.3, 0.4) is 0 Å². The van der Waals surface area contributed by atoms with E-state index in [4.69, 9.17) is 0 Å². The van der Waals surface area contributed by atoms with Crippen molar-refractivity contribution in [2.45, 2.75) is 51.3 Å². The first-order valence-corrected chi connectivity index (χ1v) is 40.5. The first-order chi connectivity index (χ1) is 21.3. The number of benzene rings is 4. The second-order valence-corrected chi connectivity index (χ2v) is 94.6. The maximum atomic E-state index is 13.3. The Morgan fingerprint density at radius 3 is 1.22 bits per heavy atom. The predicted octanol–water partition coefficient (Wildman–Crippen LogP) is 12.2. The quantitative estimate of drug-likeness (QED) is 0.134. The van der Waals surface area contributed by atoms with Crippen molar-refractivity contribution in [3.05, 3.63) is 130 Å². The van der Waals surface area contributed by atoms with Gasteiger partial charge >= 0.3 is 264 Å². The summed E-state index contributed by atoms with van der Waals surface area (Å²) >= 11 is -5.22. The van der Waals surface area contributed by atoms with E-state index >= 15 is 0 Å². The molecule has 0 aromatic heterocycles. The van der Waals surface area contributed by atoms with Gasteiger partial charge in [0.2, 0.25) is 0 Å². The van der Waals surface area contributed by atoms with Crippen LogP contribution in [0.15, 0.2) is 97.1 Å². The summed E-state index contributed by atoms with van der Waals surface area (Å²) in [5.74, 6) is 0. The van der Waals surface area contributed by atoms with E-state index in [9.17, 15) is 26.3 Å². The Hall–Kier alpha value is -2.97. The summed E-state index contributed by atoms with van der Waals surface area (Å²) in [6.45, 7) is 6.89. The molecule has 2 atom stereocenters. The van der Waals surface area contributed by atoms with Crippen LogP contribution >= 0.6 is 0 Å². The molecular formula is C38H38F6HfSi.